The first-order valence-electron chi connectivity index (χ1n) is 9.91. The van der Waals surface area contributed by atoms with Crippen LogP contribution in [0.2, 0.25) is 0 Å². The minimum Gasteiger partial charge on any atom is -0.495 e. The molecule has 3 rings (SSSR count). The highest BCUT2D eigenvalue weighted by Crippen LogP contribution is 2.35. The summed E-state index contributed by atoms with van der Waals surface area (Å²) in [7, 11) is 3.12. The van der Waals surface area contributed by atoms with Gasteiger partial charge in [0.2, 0.25) is 0 Å². The number of hydrogen-bond donors (Lipinski definition) is 0. The minimum atomic E-state index is -0.421. The normalized spacial score (nSPS) is 11.6. The number of thiazole rings is 1. The smallest absolute Gasteiger partial charge is 0.326 e. The van der Waals surface area contributed by atoms with Gasteiger partial charge in [0.1, 0.15) is 28.3 Å². The first kappa shape index (κ1) is 22.6. The number of carbonyl (C=O) groups is 2. The Morgan fingerprint density at radius 1 is 1.03 bits per heavy atom. The first-order chi connectivity index (χ1) is 14.9. The molecule has 1 amide bonds. The summed E-state index contributed by atoms with van der Waals surface area (Å²) in [5, 5.41) is 0. The highest BCUT2D eigenvalue weighted by Gasteiger charge is 2.19. The number of aryl methyl sites for hydroxylation is 2. The van der Waals surface area contributed by atoms with Crippen LogP contribution in [0.15, 0.2) is 35.3 Å². The van der Waals surface area contributed by atoms with Crippen LogP contribution in [0, 0.1) is 13.8 Å². The highest BCUT2D eigenvalue weighted by molar-refractivity contribution is 7.16. The summed E-state index contributed by atoms with van der Waals surface area (Å²) < 4.78 is 18.5. The molecule has 0 aliphatic heterocycles. The number of fused-ring (bicyclic) bond motifs is 1. The van der Waals surface area contributed by atoms with Crippen LogP contribution in [0.25, 0.3) is 10.2 Å². The van der Waals surface area contributed by atoms with Crippen LogP contribution in [0.5, 0.6) is 11.5 Å². The van der Waals surface area contributed by atoms with Gasteiger partial charge in [-0.25, -0.2) is 0 Å². The molecule has 1 aromatic heterocycles. The van der Waals surface area contributed by atoms with Crippen molar-refractivity contribution >= 4 is 33.4 Å². The second-order valence-electron chi connectivity index (χ2n) is 7.02. The Hall–Kier alpha value is -3.13. The van der Waals surface area contributed by atoms with Gasteiger partial charge < -0.3 is 18.8 Å². The fourth-order valence-corrected chi connectivity index (χ4v) is 4.41. The molecule has 0 aliphatic rings. The lowest BCUT2D eigenvalue weighted by Gasteiger charge is -2.10. The number of carbonyl (C=O) groups excluding carboxylic acids is 2. The number of rotatable bonds is 7. The van der Waals surface area contributed by atoms with Gasteiger partial charge >= 0.3 is 5.97 Å². The number of ether oxygens (including phenoxy) is 3. The number of hydrogen-bond acceptors (Lipinski definition) is 6. The molecule has 3 aromatic rings. The third kappa shape index (κ3) is 4.96. The predicted molar refractivity (Wildman–Crippen MR) is 120 cm³/mol. The van der Waals surface area contributed by atoms with E-state index in [1.54, 1.807) is 37.8 Å². The molecule has 8 heteroatoms. The van der Waals surface area contributed by atoms with Crippen molar-refractivity contribution in [3.05, 3.63) is 51.8 Å². The number of aromatic nitrogens is 1. The van der Waals surface area contributed by atoms with Crippen LogP contribution in [0.4, 0.5) is 0 Å². The predicted octanol–water partition coefficient (Wildman–Crippen LogP) is 3.57. The van der Waals surface area contributed by atoms with E-state index in [1.807, 2.05) is 32.0 Å². The summed E-state index contributed by atoms with van der Waals surface area (Å²) in [5.74, 6) is 0.446. The van der Waals surface area contributed by atoms with E-state index in [1.165, 1.54) is 16.9 Å². The van der Waals surface area contributed by atoms with E-state index >= 15 is 0 Å². The molecular weight excluding hydrogens is 416 g/mol. The van der Waals surface area contributed by atoms with Crippen LogP contribution in [0.3, 0.4) is 0 Å². The Labute approximate surface area is 184 Å². The zero-order valence-corrected chi connectivity index (χ0v) is 19.2. The molecule has 164 valence electrons. The van der Waals surface area contributed by atoms with E-state index in [2.05, 4.69) is 4.99 Å². The number of esters is 1. The summed E-state index contributed by atoms with van der Waals surface area (Å²) in [6.07, 6.45) is 0.170. The molecule has 0 radical (unpaired) electrons. The topological polar surface area (TPSA) is 79.1 Å². The SMILES string of the molecule is CCOC(=O)Cn1c(=NC(=O)Cc2ccc(C)c(C)c2)sc2c(OC)ccc(OC)c21. The molecule has 0 saturated carbocycles. The maximum Gasteiger partial charge on any atom is 0.326 e. The van der Waals surface area contributed by atoms with Crippen molar-refractivity contribution in [2.24, 2.45) is 4.99 Å². The number of methoxy groups -OCH3 is 2. The molecule has 0 aliphatic carbocycles. The molecule has 0 bridgehead atoms. The lowest BCUT2D eigenvalue weighted by Crippen LogP contribution is -2.23. The second-order valence-corrected chi connectivity index (χ2v) is 8.00. The van der Waals surface area contributed by atoms with Crippen LogP contribution in [-0.4, -0.2) is 37.3 Å². The zero-order chi connectivity index (χ0) is 22.5. The maximum atomic E-state index is 12.8. The Morgan fingerprint density at radius 3 is 2.39 bits per heavy atom. The molecule has 1 heterocycles. The van der Waals surface area contributed by atoms with E-state index in [9.17, 15) is 9.59 Å². The first-order valence-corrected chi connectivity index (χ1v) is 10.7. The molecule has 0 N–H and O–H groups in total. The quantitative estimate of drug-likeness (QED) is 0.523. The monoisotopic (exact) mass is 442 g/mol. The van der Waals surface area contributed by atoms with Crippen molar-refractivity contribution in [3.8, 4) is 11.5 Å². The van der Waals surface area contributed by atoms with E-state index in [-0.39, 0.29) is 25.5 Å². The summed E-state index contributed by atoms with van der Waals surface area (Å²) in [5.41, 5.74) is 3.82. The second kappa shape index (κ2) is 9.78. The van der Waals surface area contributed by atoms with Crippen molar-refractivity contribution in [2.45, 2.75) is 33.7 Å². The van der Waals surface area contributed by atoms with Gasteiger partial charge in [0.25, 0.3) is 5.91 Å². The fraction of sp³-hybridized carbons (Fsp3) is 0.348. The van der Waals surface area contributed by atoms with Gasteiger partial charge in [-0.1, -0.05) is 29.5 Å². The highest BCUT2D eigenvalue weighted by atomic mass is 32.1. The van der Waals surface area contributed by atoms with Crippen molar-refractivity contribution in [1.29, 1.82) is 0 Å². The Kier molecular flexibility index (Phi) is 7.12. The number of benzene rings is 2. The third-order valence-electron chi connectivity index (χ3n) is 4.93. The van der Waals surface area contributed by atoms with Crippen LogP contribution in [-0.2, 0) is 27.3 Å². The summed E-state index contributed by atoms with van der Waals surface area (Å²) in [6.45, 7) is 5.96. The van der Waals surface area contributed by atoms with Gasteiger partial charge in [-0.2, -0.15) is 4.99 Å². The summed E-state index contributed by atoms with van der Waals surface area (Å²) in [4.78, 5) is 29.8. The van der Waals surface area contributed by atoms with Crippen molar-refractivity contribution < 1.29 is 23.8 Å². The largest absolute Gasteiger partial charge is 0.495 e. The number of nitrogens with zero attached hydrogens (tertiary/aromatic N) is 2. The molecular formula is C23H26N2O5S. The lowest BCUT2D eigenvalue weighted by atomic mass is 10.0. The molecule has 0 atom stereocenters. The average Bonchev–Trinajstić information content (AvgIpc) is 3.08. The molecule has 31 heavy (non-hydrogen) atoms. The Bertz CT molecular complexity index is 1190. The Morgan fingerprint density at radius 2 is 1.74 bits per heavy atom. The van der Waals surface area contributed by atoms with E-state index in [4.69, 9.17) is 14.2 Å². The van der Waals surface area contributed by atoms with Crippen molar-refractivity contribution in [3.63, 3.8) is 0 Å². The molecule has 0 fully saturated rings. The van der Waals surface area contributed by atoms with Gasteiger partial charge in [-0.05, 0) is 49.6 Å². The van der Waals surface area contributed by atoms with E-state index in [0.717, 1.165) is 15.8 Å². The van der Waals surface area contributed by atoms with Gasteiger partial charge in [-0.15, -0.1) is 0 Å². The van der Waals surface area contributed by atoms with Gasteiger partial charge in [-0.3, -0.25) is 9.59 Å². The van der Waals surface area contributed by atoms with Crippen LogP contribution < -0.4 is 14.3 Å². The van der Waals surface area contributed by atoms with Crippen molar-refractivity contribution in [2.75, 3.05) is 20.8 Å². The Balaban J connectivity index is 2.11. The molecule has 0 saturated heterocycles. The summed E-state index contributed by atoms with van der Waals surface area (Å²) in [6, 6.07) is 9.46. The van der Waals surface area contributed by atoms with Gasteiger partial charge in [0.05, 0.1) is 27.2 Å². The average molecular weight is 443 g/mol. The summed E-state index contributed by atoms with van der Waals surface area (Å²) >= 11 is 1.27. The zero-order valence-electron chi connectivity index (χ0n) is 18.4. The maximum absolute atomic E-state index is 12.8. The molecule has 0 spiro atoms. The van der Waals surface area contributed by atoms with Crippen LogP contribution in [0.1, 0.15) is 23.6 Å². The molecule has 2 aromatic carbocycles. The van der Waals surface area contributed by atoms with E-state index in [0.29, 0.717) is 21.8 Å². The minimum absolute atomic E-state index is 0.0902. The van der Waals surface area contributed by atoms with Crippen LogP contribution >= 0.6 is 11.3 Å². The van der Waals surface area contributed by atoms with E-state index < -0.39 is 5.97 Å². The standard InChI is InChI=1S/C23H26N2O5S/c1-6-30-20(27)13-25-21-17(28-4)9-10-18(29-5)22(21)31-23(25)24-19(26)12-16-8-7-14(2)15(3)11-16/h7-11H,6,12-13H2,1-5H3. The van der Waals surface area contributed by atoms with Gasteiger partial charge in [0, 0.05) is 0 Å². The molecule has 7 nitrogen and oxygen atoms in total. The molecule has 0 unspecified atom stereocenters. The number of amides is 1. The third-order valence-corrected chi connectivity index (χ3v) is 6.02. The van der Waals surface area contributed by atoms with Crippen molar-refractivity contribution in [1.82, 2.24) is 4.57 Å². The van der Waals surface area contributed by atoms with Gasteiger partial charge in [0.15, 0.2) is 4.80 Å². The lowest BCUT2D eigenvalue weighted by molar-refractivity contribution is -0.143. The fourth-order valence-electron chi connectivity index (χ4n) is 3.26.